The molecule has 1 aliphatic rings. The molecule has 1 N–H and O–H groups in total. The summed E-state index contributed by atoms with van der Waals surface area (Å²) < 4.78 is 0. The maximum absolute atomic E-state index is 11.9. The SMILES string of the molecule is CCCN(C=O)C1(C(=O)O)CCSc2ccccc21. The van der Waals surface area contributed by atoms with Gasteiger partial charge in [-0.2, -0.15) is 0 Å². The van der Waals surface area contributed by atoms with E-state index in [1.807, 2.05) is 31.2 Å². The van der Waals surface area contributed by atoms with Crippen LogP contribution in [0.5, 0.6) is 0 Å². The van der Waals surface area contributed by atoms with Crippen molar-refractivity contribution >= 4 is 24.1 Å². The second-order valence-corrected chi connectivity index (χ2v) is 5.70. The number of carboxylic acids is 1. The lowest BCUT2D eigenvalue weighted by atomic mass is 9.85. The molecule has 0 fully saturated rings. The fraction of sp³-hybridized carbons (Fsp3) is 0.429. The monoisotopic (exact) mass is 279 g/mol. The molecule has 1 unspecified atom stereocenters. The van der Waals surface area contributed by atoms with Gasteiger partial charge in [0.05, 0.1) is 0 Å². The van der Waals surface area contributed by atoms with E-state index in [0.717, 1.165) is 16.9 Å². The van der Waals surface area contributed by atoms with Gasteiger partial charge >= 0.3 is 5.97 Å². The van der Waals surface area contributed by atoms with Crippen LogP contribution >= 0.6 is 11.8 Å². The van der Waals surface area contributed by atoms with E-state index < -0.39 is 11.5 Å². The van der Waals surface area contributed by atoms with Crippen LogP contribution < -0.4 is 0 Å². The zero-order valence-corrected chi connectivity index (χ0v) is 11.7. The van der Waals surface area contributed by atoms with Gasteiger partial charge in [0.15, 0.2) is 5.54 Å². The van der Waals surface area contributed by atoms with E-state index in [9.17, 15) is 14.7 Å². The number of fused-ring (bicyclic) bond motifs is 1. The Morgan fingerprint density at radius 2 is 2.26 bits per heavy atom. The Kier molecular flexibility index (Phi) is 4.14. The summed E-state index contributed by atoms with van der Waals surface area (Å²) in [7, 11) is 0. The molecule has 4 nitrogen and oxygen atoms in total. The van der Waals surface area contributed by atoms with E-state index in [1.165, 1.54) is 4.90 Å². The number of aliphatic carboxylic acids is 1. The number of amides is 1. The van der Waals surface area contributed by atoms with Crippen molar-refractivity contribution in [3.8, 4) is 0 Å². The first-order valence-corrected chi connectivity index (χ1v) is 7.33. The lowest BCUT2D eigenvalue weighted by Gasteiger charge is -2.42. The molecule has 0 radical (unpaired) electrons. The van der Waals surface area contributed by atoms with E-state index in [1.54, 1.807) is 11.8 Å². The van der Waals surface area contributed by atoms with Crippen LogP contribution in [0.1, 0.15) is 25.3 Å². The summed E-state index contributed by atoms with van der Waals surface area (Å²) in [5, 5.41) is 9.75. The molecule has 1 amide bonds. The van der Waals surface area contributed by atoms with Crippen LogP contribution in [0, 0.1) is 0 Å². The largest absolute Gasteiger partial charge is 0.479 e. The molecule has 102 valence electrons. The van der Waals surface area contributed by atoms with Crippen molar-refractivity contribution in [1.29, 1.82) is 0 Å². The third kappa shape index (κ3) is 2.23. The molecule has 1 aromatic carbocycles. The van der Waals surface area contributed by atoms with E-state index in [-0.39, 0.29) is 0 Å². The predicted octanol–water partition coefficient (Wildman–Crippen LogP) is 2.33. The summed E-state index contributed by atoms with van der Waals surface area (Å²) in [6, 6.07) is 7.47. The molecule has 0 saturated heterocycles. The molecule has 2 rings (SSSR count). The molecule has 1 atom stereocenters. The molecule has 0 aliphatic carbocycles. The van der Waals surface area contributed by atoms with Crippen molar-refractivity contribution in [2.75, 3.05) is 12.3 Å². The molecule has 1 aliphatic heterocycles. The number of hydrogen-bond acceptors (Lipinski definition) is 3. The minimum absolute atomic E-state index is 0.447. The summed E-state index contributed by atoms with van der Waals surface area (Å²) >= 11 is 1.65. The first kappa shape index (κ1) is 13.9. The van der Waals surface area contributed by atoms with Crippen molar-refractivity contribution in [3.63, 3.8) is 0 Å². The second-order valence-electron chi connectivity index (χ2n) is 4.56. The smallest absolute Gasteiger partial charge is 0.334 e. The van der Waals surface area contributed by atoms with E-state index in [4.69, 9.17) is 0 Å². The highest BCUT2D eigenvalue weighted by molar-refractivity contribution is 7.99. The Hall–Kier alpha value is -1.49. The van der Waals surface area contributed by atoms with Gasteiger partial charge in [-0.25, -0.2) is 4.79 Å². The number of benzene rings is 1. The van der Waals surface area contributed by atoms with Crippen molar-refractivity contribution in [1.82, 2.24) is 4.90 Å². The molecule has 0 spiro atoms. The number of thioether (sulfide) groups is 1. The van der Waals surface area contributed by atoms with E-state index in [2.05, 4.69) is 0 Å². The summed E-state index contributed by atoms with van der Waals surface area (Å²) in [5.74, 6) is -0.238. The summed E-state index contributed by atoms with van der Waals surface area (Å²) in [6.07, 6.45) is 1.86. The number of hydrogen-bond donors (Lipinski definition) is 1. The highest BCUT2D eigenvalue weighted by Crippen LogP contribution is 2.43. The summed E-state index contributed by atoms with van der Waals surface area (Å²) in [4.78, 5) is 25.7. The van der Waals surface area contributed by atoms with Crippen molar-refractivity contribution in [2.24, 2.45) is 0 Å². The fourth-order valence-corrected chi connectivity index (χ4v) is 3.78. The number of carboxylic acid groups (broad SMARTS) is 1. The Labute approximate surface area is 116 Å². The van der Waals surface area contributed by atoms with Gasteiger partial charge in [0, 0.05) is 22.8 Å². The first-order chi connectivity index (χ1) is 9.16. The van der Waals surface area contributed by atoms with Crippen LogP contribution in [-0.4, -0.2) is 34.7 Å². The quantitative estimate of drug-likeness (QED) is 0.840. The first-order valence-electron chi connectivity index (χ1n) is 6.34. The molecule has 1 aromatic rings. The van der Waals surface area contributed by atoms with Crippen LogP contribution in [-0.2, 0) is 15.1 Å². The molecule has 0 aromatic heterocycles. The van der Waals surface area contributed by atoms with Gasteiger partial charge in [0.2, 0.25) is 6.41 Å². The van der Waals surface area contributed by atoms with Crippen LogP contribution in [0.2, 0.25) is 0 Å². The van der Waals surface area contributed by atoms with Gasteiger partial charge in [-0.1, -0.05) is 25.1 Å². The lowest BCUT2D eigenvalue weighted by molar-refractivity contribution is -0.156. The zero-order chi connectivity index (χ0) is 13.9. The third-order valence-electron chi connectivity index (χ3n) is 3.49. The Balaban J connectivity index is 2.58. The number of rotatable bonds is 5. The normalized spacial score (nSPS) is 21.5. The molecule has 0 saturated carbocycles. The maximum atomic E-state index is 11.9. The number of carbonyl (C=O) groups excluding carboxylic acids is 1. The molecular formula is C14H17NO3S. The van der Waals surface area contributed by atoms with Gasteiger partial charge in [0.25, 0.3) is 0 Å². The predicted molar refractivity (Wildman–Crippen MR) is 74.2 cm³/mol. The van der Waals surface area contributed by atoms with Crippen molar-refractivity contribution in [3.05, 3.63) is 29.8 Å². The molecule has 1 heterocycles. The van der Waals surface area contributed by atoms with Gasteiger partial charge in [-0.15, -0.1) is 11.8 Å². The lowest BCUT2D eigenvalue weighted by Crippen LogP contribution is -2.53. The topological polar surface area (TPSA) is 57.6 Å². The van der Waals surface area contributed by atoms with Crippen LogP contribution in [0.3, 0.4) is 0 Å². The highest BCUT2D eigenvalue weighted by atomic mass is 32.2. The van der Waals surface area contributed by atoms with Crippen molar-refractivity contribution in [2.45, 2.75) is 30.2 Å². The van der Waals surface area contributed by atoms with Gasteiger partial charge in [-0.3, -0.25) is 4.79 Å². The molecule has 19 heavy (non-hydrogen) atoms. The number of nitrogens with zero attached hydrogens (tertiary/aromatic N) is 1. The fourth-order valence-electron chi connectivity index (χ4n) is 2.60. The minimum Gasteiger partial charge on any atom is -0.479 e. The Bertz CT molecular complexity index is 491. The van der Waals surface area contributed by atoms with Crippen LogP contribution in [0.15, 0.2) is 29.2 Å². The summed E-state index contributed by atoms with van der Waals surface area (Å²) in [6.45, 7) is 2.39. The average molecular weight is 279 g/mol. The molecule has 0 bridgehead atoms. The Morgan fingerprint density at radius 1 is 1.53 bits per heavy atom. The van der Waals surface area contributed by atoms with Gasteiger partial charge in [0.1, 0.15) is 0 Å². The second kappa shape index (κ2) is 5.65. The molecule has 5 heteroatoms. The van der Waals surface area contributed by atoms with Crippen molar-refractivity contribution < 1.29 is 14.7 Å². The minimum atomic E-state index is -1.21. The maximum Gasteiger partial charge on any atom is 0.334 e. The summed E-state index contributed by atoms with van der Waals surface area (Å²) in [5.41, 5.74) is -0.473. The molecular weight excluding hydrogens is 262 g/mol. The van der Waals surface area contributed by atoms with Crippen LogP contribution in [0.4, 0.5) is 0 Å². The van der Waals surface area contributed by atoms with Crippen LogP contribution in [0.25, 0.3) is 0 Å². The highest BCUT2D eigenvalue weighted by Gasteiger charge is 2.48. The number of carbonyl (C=O) groups is 2. The van der Waals surface area contributed by atoms with E-state index in [0.29, 0.717) is 25.1 Å². The third-order valence-corrected chi connectivity index (χ3v) is 4.57. The van der Waals surface area contributed by atoms with E-state index >= 15 is 0 Å². The van der Waals surface area contributed by atoms with Gasteiger partial charge < -0.3 is 10.0 Å². The zero-order valence-electron chi connectivity index (χ0n) is 10.8. The Morgan fingerprint density at radius 3 is 2.89 bits per heavy atom. The average Bonchev–Trinajstić information content (AvgIpc) is 2.44. The van der Waals surface area contributed by atoms with Gasteiger partial charge in [-0.05, 0) is 18.9 Å². The standard InChI is InChI=1S/C14H17NO3S/c1-2-8-15(10-16)14(13(17)18)7-9-19-12-6-4-3-5-11(12)14/h3-6,10H,2,7-9H2,1H3,(H,17,18).